The van der Waals surface area contributed by atoms with Gasteiger partial charge >= 0.3 is 0 Å². The molecular weight excluding hydrogens is 290 g/mol. The van der Waals surface area contributed by atoms with Gasteiger partial charge in [-0.3, -0.25) is 0 Å². The van der Waals surface area contributed by atoms with Gasteiger partial charge < -0.3 is 9.80 Å². The summed E-state index contributed by atoms with van der Waals surface area (Å²) in [6, 6.07) is 0. The van der Waals surface area contributed by atoms with Crippen molar-refractivity contribution in [1.29, 1.82) is 0 Å². The minimum Gasteiger partial charge on any atom is -0.356 e. The predicted molar refractivity (Wildman–Crippen MR) is 87.2 cm³/mol. The predicted octanol–water partition coefficient (Wildman–Crippen LogP) is 0.753. The van der Waals surface area contributed by atoms with E-state index in [1.54, 1.807) is 23.5 Å². The molecule has 4 heterocycles. The van der Waals surface area contributed by atoms with Crippen molar-refractivity contribution < 1.29 is 0 Å². The summed E-state index contributed by atoms with van der Waals surface area (Å²) < 4.78 is 0. The van der Waals surface area contributed by atoms with Crippen LogP contribution in [0.1, 0.15) is 11.3 Å². The molecule has 23 heavy (non-hydrogen) atoms. The molecule has 122 valence electrons. The molecule has 2 saturated heterocycles. The third-order valence-corrected chi connectivity index (χ3v) is 5.25. The van der Waals surface area contributed by atoms with Crippen molar-refractivity contribution in [2.24, 2.45) is 11.8 Å². The summed E-state index contributed by atoms with van der Waals surface area (Å²) in [6.07, 6.45) is 5.17. The molecule has 0 bridgehead atoms. The van der Waals surface area contributed by atoms with Gasteiger partial charge in [-0.1, -0.05) is 0 Å². The van der Waals surface area contributed by atoms with Gasteiger partial charge in [0.1, 0.15) is 12.1 Å². The maximum atomic E-state index is 4.52. The molecule has 7 nitrogen and oxygen atoms in total. The Morgan fingerprint density at radius 3 is 2.35 bits per heavy atom. The molecule has 2 aromatic rings. The van der Waals surface area contributed by atoms with Crippen molar-refractivity contribution in [3.8, 4) is 0 Å². The second-order valence-electron chi connectivity index (χ2n) is 6.72. The van der Waals surface area contributed by atoms with Gasteiger partial charge in [0.25, 0.3) is 0 Å². The number of nitrogens with zero attached hydrogens (tertiary/aromatic N) is 7. The van der Waals surface area contributed by atoms with E-state index >= 15 is 0 Å². The fraction of sp³-hybridized carbons (Fsp3) is 0.625. The average molecular weight is 313 g/mol. The molecule has 2 atom stereocenters. The topological polar surface area (TPSA) is 63.0 Å². The lowest BCUT2D eigenvalue weighted by Gasteiger charge is -2.23. The fourth-order valence-corrected chi connectivity index (χ4v) is 3.88. The Balaban J connectivity index is 1.35. The summed E-state index contributed by atoms with van der Waals surface area (Å²) in [5.74, 6) is 2.62. The first-order valence-electron chi connectivity index (χ1n) is 8.30. The molecule has 2 aliphatic heterocycles. The highest BCUT2D eigenvalue weighted by Crippen LogP contribution is 2.34. The third-order valence-electron chi connectivity index (χ3n) is 5.25. The standard InChI is InChI=1S/C16H23N7/c1-12-13(2)17-11-18-16(12)22-9-14-7-21(8-15(14)10-22)5-6-23-19-3-4-20-23/h3-4,11,14-15H,5-10H2,1-2H3. The molecule has 7 heteroatoms. The fourth-order valence-electron chi connectivity index (χ4n) is 3.88. The van der Waals surface area contributed by atoms with Crippen molar-refractivity contribution in [3.05, 3.63) is 30.0 Å². The Hall–Kier alpha value is -2.02. The van der Waals surface area contributed by atoms with Crippen molar-refractivity contribution in [3.63, 3.8) is 0 Å². The zero-order valence-electron chi connectivity index (χ0n) is 13.8. The van der Waals surface area contributed by atoms with Crippen LogP contribution in [-0.2, 0) is 6.54 Å². The van der Waals surface area contributed by atoms with Crippen LogP contribution in [0.25, 0.3) is 0 Å². The van der Waals surface area contributed by atoms with Gasteiger partial charge in [-0.05, 0) is 25.7 Å². The van der Waals surface area contributed by atoms with Gasteiger partial charge in [0.15, 0.2) is 0 Å². The largest absolute Gasteiger partial charge is 0.356 e. The smallest absolute Gasteiger partial charge is 0.135 e. The zero-order chi connectivity index (χ0) is 15.8. The summed E-state index contributed by atoms with van der Waals surface area (Å²) in [5, 5.41) is 8.35. The Morgan fingerprint density at radius 1 is 0.957 bits per heavy atom. The van der Waals surface area contributed by atoms with Crippen LogP contribution < -0.4 is 4.90 Å². The minimum absolute atomic E-state index is 0.746. The Morgan fingerprint density at radius 2 is 1.65 bits per heavy atom. The van der Waals surface area contributed by atoms with E-state index in [4.69, 9.17) is 0 Å². The summed E-state index contributed by atoms with van der Waals surface area (Å²) in [6.45, 7) is 10.7. The Kier molecular flexibility index (Phi) is 3.72. The number of rotatable bonds is 4. The zero-order valence-corrected chi connectivity index (χ0v) is 13.8. The number of hydrogen-bond acceptors (Lipinski definition) is 6. The minimum atomic E-state index is 0.746. The van der Waals surface area contributed by atoms with Crippen LogP contribution in [0.2, 0.25) is 0 Å². The van der Waals surface area contributed by atoms with Crippen molar-refractivity contribution in [2.45, 2.75) is 20.4 Å². The first kappa shape index (κ1) is 14.6. The summed E-state index contributed by atoms with van der Waals surface area (Å²) in [7, 11) is 0. The molecule has 0 aliphatic carbocycles. The van der Waals surface area contributed by atoms with Crippen molar-refractivity contribution in [1.82, 2.24) is 29.9 Å². The van der Waals surface area contributed by atoms with E-state index in [0.29, 0.717) is 0 Å². The van der Waals surface area contributed by atoms with Crippen LogP contribution in [-0.4, -0.2) is 62.6 Å². The number of hydrogen-bond donors (Lipinski definition) is 0. The lowest BCUT2D eigenvalue weighted by atomic mass is 10.0. The number of fused-ring (bicyclic) bond motifs is 1. The molecule has 0 aromatic carbocycles. The van der Waals surface area contributed by atoms with E-state index in [9.17, 15) is 0 Å². The molecule has 0 N–H and O–H groups in total. The number of aryl methyl sites for hydroxylation is 1. The highest BCUT2D eigenvalue weighted by atomic mass is 15.5. The molecule has 4 rings (SSSR count). The van der Waals surface area contributed by atoms with Crippen molar-refractivity contribution in [2.75, 3.05) is 37.6 Å². The van der Waals surface area contributed by atoms with Gasteiger partial charge in [0.05, 0.1) is 18.9 Å². The van der Waals surface area contributed by atoms with Gasteiger partial charge in [-0.15, -0.1) is 0 Å². The number of aromatic nitrogens is 5. The number of likely N-dealkylation sites (tertiary alicyclic amines) is 1. The molecule has 0 amide bonds. The monoisotopic (exact) mass is 313 g/mol. The molecule has 2 unspecified atom stereocenters. The molecule has 0 radical (unpaired) electrons. The van der Waals surface area contributed by atoms with Gasteiger partial charge in [-0.2, -0.15) is 15.0 Å². The highest BCUT2D eigenvalue weighted by molar-refractivity contribution is 5.48. The lowest BCUT2D eigenvalue weighted by molar-refractivity contribution is 0.289. The van der Waals surface area contributed by atoms with Crippen molar-refractivity contribution >= 4 is 5.82 Å². The number of anilines is 1. The van der Waals surface area contributed by atoms with Crippen LogP contribution >= 0.6 is 0 Å². The highest BCUT2D eigenvalue weighted by Gasteiger charge is 2.40. The first-order valence-corrected chi connectivity index (χ1v) is 8.30. The quantitative estimate of drug-likeness (QED) is 0.830. The van der Waals surface area contributed by atoms with Gasteiger partial charge in [0, 0.05) is 44.0 Å². The molecule has 0 saturated carbocycles. The first-order chi connectivity index (χ1) is 11.2. The van der Waals surface area contributed by atoms with Crippen LogP contribution in [0, 0.1) is 25.7 Å². The summed E-state index contributed by atoms with van der Waals surface area (Å²) in [5.41, 5.74) is 2.30. The van der Waals surface area contributed by atoms with E-state index in [-0.39, 0.29) is 0 Å². The van der Waals surface area contributed by atoms with E-state index in [2.05, 4.69) is 43.8 Å². The van der Waals surface area contributed by atoms with Gasteiger partial charge in [-0.25, -0.2) is 9.97 Å². The van der Waals surface area contributed by atoms with Crippen LogP contribution in [0.5, 0.6) is 0 Å². The van der Waals surface area contributed by atoms with Crippen LogP contribution in [0.3, 0.4) is 0 Å². The van der Waals surface area contributed by atoms with Crippen LogP contribution in [0.15, 0.2) is 18.7 Å². The lowest BCUT2D eigenvalue weighted by Crippen LogP contribution is -2.32. The second-order valence-corrected chi connectivity index (χ2v) is 6.72. The molecule has 2 aliphatic rings. The van der Waals surface area contributed by atoms with E-state index in [1.165, 1.54) is 18.7 Å². The maximum absolute atomic E-state index is 4.52. The Labute approximate surface area is 136 Å². The molecule has 2 aromatic heterocycles. The SMILES string of the molecule is Cc1ncnc(N2CC3CN(CCn4nccn4)CC3C2)c1C. The van der Waals surface area contributed by atoms with Crippen LogP contribution in [0.4, 0.5) is 5.82 Å². The summed E-state index contributed by atoms with van der Waals surface area (Å²) >= 11 is 0. The Bertz CT molecular complexity index is 655. The molecular formula is C16H23N7. The maximum Gasteiger partial charge on any atom is 0.135 e. The van der Waals surface area contributed by atoms with Gasteiger partial charge in [0.2, 0.25) is 0 Å². The van der Waals surface area contributed by atoms with E-state index in [0.717, 1.165) is 49.5 Å². The third kappa shape index (κ3) is 2.81. The summed E-state index contributed by atoms with van der Waals surface area (Å²) in [4.78, 5) is 15.6. The van der Waals surface area contributed by atoms with E-state index in [1.807, 2.05) is 0 Å². The van der Waals surface area contributed by atoms with E-state index < -0.39 is 0 Å². The second kappa shape index (κ2) is 5.88. The molecule has 2 fully saturated rings. The normalized spacial score (nSPS) is 24.3. The molecule has 0 spiro atoms. The average Bonchev–Trinajstić information content (AvgIpc) is 3.23.